The smallest absolute Gasteiger partial charge is 0.292 e. The number of nitrogens with one attached hydrogen (secondary N) is 1. The molecule has 0 bridgehead atoms. The largest absolute Gasteiger partial charge is 0.359 e. The van der Waals surface area contributed by atoms with E-state index in [4.69, 9.17) is 4.52 Å². The van der Waals surface area contributed by atoms with E-state index in [1.165, 1.54) is 0 Å². The lowest BCUT2D eigenvalue weighted by atomic mass is 10.1. The maximum atomic E-state index is 12.6. The van der Waals surface area contributed by atoms with Crippen LogP contribution in [0.5, 0.6) is 0 Å². The van der Waals surface area contributed by atoms with Crippen LogP contribution in [-0.2, 0) is 4.79 Å². The molecule has 7 nitrogen and oxygen atoms in total. The molecule has 2 amide bonds. The minimum atomic E-state index is -0.242. The Labute approximate surface area is 130 Å². The van der Waals surface area contributed by atoms with E-state index in [1.54, 1.807) is 18.0 Å². The fourth-order valence-electron chi connectivity index (χ4n) is 2.55. The number of rotatable bonds is 3. The Bertz CT molecular complexity index is 541. The summed E-state index contributed by atoms with van der Waals surface area (Å²) >= 11 is 0. The lowest BCUT2D eigenvalue weighted by molar-refractivity contribution is -0.125. The fourth-order valence-corrected chi connectivity index (χ4v) is 2.55. The van der Waals surface area contributed by atoms with Crippen LogP contribution in [0.2, 0.25) is 0 Å². The number of likely N-dealkylation sites (N-methyl/N-ethyl adjacent to an activating group) is 1. The summed E-state index contributed by atoms with van der Waals surface area (Å²) in [7, 11) is 3.57. The zero-order valence-corrected chi connectivity index (χ0v) is 13.6. The SMILES string of the molecule is CNC(=O)[C@H]1CN(C)CCN(C(=O)c2cc(C(C)C)no2)C1. The molecule has 0 radical (unpaired) electrons. The van der Waals surface area contributed by atoms with Crippen molar-refractivity contribution < 1.29 is 14.1 Å². The monoisotopic (exact) mass is 308 g/mol. The van der Waals surface area contributed by atoms with Crippen LogP contribution in [0.1, 0.15) is 36.0 Å². The van der Waals surface area contributed by atoms with Gasteiger partial charge in [-0.3, -0.25) is 9.59 Å². The minimum Gasteiger partial charge on any atom is -0.359 e. The first-order chi connectivity index (χ1) is 10.4. The van der Waals surface area contributed by atoms with Crippen molar-refractivity contribution in [2.75, 3.05) is 40.3 Å². The molecule has 1 fully saturated rings. The average Bonchev–Trinajstić information content (AvgIpc) is 2.90. The van der Waals surface area contributed by atoms with Crippen molar-refractivity contribution in [1.82, 2.24) is 20.3 Å². The van der Waals surface area contributed by atoms with Gasteiger partial charge in [0.15, 0.2) is 0 Å². The van der Waals surface area contributed by atoms with Gasteiger partial charge in [-0.2, -0.15) is 0 Å². The molecule has 0 spiro atoms. The van der Waals surface area contributed by atoms with E-state index in [2.05, 4.69) is 15.4 Å². The van der Waals surface area contributed by atoms with Crippen molar-refractivity contribution in [2.45, 2.75) is 19.8 Å². The highest BCUT2D eigenvalue weighted by Crippen LogP contribution is 2.17. The van der Waals surface area contributed by atoms with E-state index in [9.17, 15) is 9.59 Å². The van der Waals surface area contributed by atoms with Crippen molar-refractivity contribution in [3.63, 3.8) is 0 Å². The number of carbonyl (C=O) groups is 2. The molecule has 1 atom stereocenters. The van der Waals surface area contributed by atoms with Crippen molar-refractivity contribution in [1.29, 1.82) is 0 Å². The Morgan fingerprint density at radius 2 is 2.09 bits per heavy atom. The highest BCUT2D eigenvalue weighted by Gasteiger charge is 2.30. The Kier molecular flexibility index (Phi) is 5.18. The molecule has 1 saturated heterocycles. The first kappa shape index (κ1) is 16.5. The highest BCUT2D eigenvalue weighted by atomic mass is 16.5. The number of hydrogen-bond acceptors (Lipinski definition) is 5. The van der Waals surface area contributed by atoms with E-state index >= 15 is 0 Å². The summed E-state index contributed by atoms with van der Waals surface area (Å²) in [6.07, 6.45) is 0. The minimum absolute atomic E-state index is 0.0491. The van der Waals surface area contributed by atoms with Gasteiger partial charge in [-0.25, -0.2) is 0 Å². The molecule has 1 aliphatic rings. The van der Waals surface area contributed by atoms with Crippen LogP contribution in [0.3, 0.4) is 0 Å². The Morgan fingerprint density at radius 1 is 1.36 bits per heavy atom. The lowest BCUT2D eigenvalue weighted by Crippen LogP contribution is -2.41. The van der Waals surface area contributed by atoms with Crippen LogP contribution >= 0.6 is 0 Å². The molecule has 22 heavy (non-hydrogen) atoms. The Balaban J connectivity index is 2.14. The summed E-state index contributed by atoms with van der Waals surface area (Å²) in [4.78, 5) is 28.3. The quantitative estimate of drug-likeness (QED) is 0.882. The Hall–Kier alpha value is -1.89. The predicted octanol–water partition coefficient (Wildman–Crippen LogP) is 0.548. The maximum Gasteiger partial charge on any atom is 0.292 e. The van der Waals surface area contributed by atoms with E-state index < -0.39 is 0 Å². The van der Waals surface area contributed by atoms with Crippen LogP contribution in [0.15, 0.2) is 10.6 Å². The molecule has 0 aromatic carbocycles. The molecular weight excluding hydrogens is 284 g/mol. The van der Waals surface area contributed by atoms with Crippen LogP contribution in [0.4, 0.5) is 0 Å². The zero-order chi connectivity index (χ0) is 16.3. The lowest BCUT2D eigenvalue weighted by Gasteiger charge is -2.22. The second kappa shape index (κ2) is 6.91. The van der Waals surface area contributed by atoms with Gasteiger partial charge in [0.05, 0.1) is 11.6 Å². The molecule has 1 aromatic heterocycles. The summed E-state index contributed by atoms with van der Waals surface area (Å²) in [6, 6.07) is 1.69. The third kappa shape index (κ3) is 3.65. The molecule has 2 rings (SSSR count). The number of amides is 2. The van der Waals surface area contributed by atoms with E-state index in [0.717, 1.165) is 12.2 Å². The van der Waals surface area contributed by atoms with Gasteiger partial charge in [-0.15, -0.1) is 0 Å². The van der Waals surface area contributed by atoms with Crippen LogP contribution in [0, 0.1) is 5.92 Å². The fraction of sp³-hybridized carbons (Fsp3) is 0.667. The van der Waals surface area contributed by atoms with E-state index in [1.807, 2.05) is 20.9 Å². The van der Waals surface area contributed by atoms with Gasteiger partial charge in [-0.1, -0.05) is 19.0 Å². The van der Waals surface area contributed by atoms with Crippen molar-refractivity contribution in [2.24, 2.45) is 5.92 Å². The van der Waals surface area contributed by atoms with Crippen molar-refractivity contribution >= 4 is 11.8 Å². The molecule has 7 heteroatoms. The normalized spacial score (nSPS) is 20.0. The summed E-state index contributed by atoms with van der Waals surface area (Å²) in [5.41, 5.74) is 0.762. The third-order valence-electron chi connectivity index (χ3n) is 3.96. The molecule has 0 unspecified atom stereocenters. The summed E-state index contributed by atoms with van der Waals surface area (Å²) in [5, 5.41) is 6.59. The van der Waals surface area contributed by atoms with Crippen LogP contribution < -0.4 is 5.32 Å². The topological polar surface area (TPSA) is 78.7 Å². The first-order valence-electron chi connectivity index (χ1n) is 7.58. The molecule has 0 saturated carbocycles. The van der Waals surface area contributed by atoms with Gasteiger partial charge in [0, 0.05) is 39.3 Å². The molecule has 1 aliphatic heterocycles. The molecule has 2 heterocycles. The van der Waals surface area contributed by atoms with Gasteiger partial charge >= 0.3 is 0 Å². The third-order valence-corrected chi connectivity index (χ3v) is 3.96. The molecule has 122 valence electrons. The maximum absolute atomic E-state index is 12.6. The van der Waals surface area contributed by atoms with Crippen molar-refractivity contribution in [3.8, 4) is 0 Å². The highest BCUT2D eigenvalue weighted by molar-refractivity contribution is 5.92. The molecular formula is C15H24N4O3. The standard InChI is InChI=1S/C15H24N4O3/c1-10(2)12-7-13(22-17-12)15(21)19-6-5-18(4)8-11(9-19)14(20)16-3/h7,10-11H,5-6,8-9H2,1-4H3,(H,16,20)/t11-/m0/s1. The van der Waals surface area contributed by atoms with E-state index in [-0.39, 0.29) is 29.4 Å². The van der Waals surface area contributed by atoms with Gasteiger partial charge < -0.3 is 19.6 Å². The van der Waals surface area contributed by atoms with Crippen LogP contribution in [-0.4, -0.2) is 67.0 Å². The summed E-state index contributed by atoms with van der Waals surface area (Å²) < 4.78 is 5.18. The van der Waals surface area contributed by atoms with Gasteiger partial charge in [0.25, 0.3) is 5.91 Å². The summed E-state index contributed by atoms with van der Waals surface area (Å²) in [6.45, 7) is 6.31. The molecule has 1 N–H and O–H groups in total. The number of nitrogens with zero attached hydrogens (tertiary/aromatic N) is 3. The zero-order valence-electron chi connectivity index (χ0n) is 13.6. The Morgan fingerprint density at radius 3 is 2.68 bits per heavy atom. The summed E-state index contributed by atoms with van der Waals surface area (Å²) in [5.74, 6) is -0.0485. The second-order valence-corrected chi connectivity index (χ2v) is 6.10. The molecule has 1 aromatic rings. The van der Waals surface area contributed by atoms with E-state index in [0.29, 0.717) is 19.6 Å². The number of aromatic nitrogens is 1. The predicted molar refractivity (Wildman–Crippen MR) is 81.5 cm³/mol. The first-order valence-corrected chi connectivity index (χ1v) is 7.58. The van der Waals surface area contributed by atoms with Gasteiger partial charge in [0.2, 0.25) is 11.7 Å². The average molecular weight is 308 g/mol. The van der Waals surface area contributed by atoms with Crippen LogP contribution in [0.25, 0.3) is 0 Å². The van der Waals surface area contributed by atoms with Crippen molar-refractivity contribution in [3.05, 3.63) is 17.5 Å². The van der Waals surface area contributed by atoms with Gasteiger partial charge in [0.1, 0.15) is 0 Å². The second-order valence-electron chi connectivity index (χ2n) is 6.10. The number of hydrogen-bond donors (Lipinski definition) is 1. The number of carbonyl (C=O) groups excluding carboxylic acids is 2. The van der Waals surface area contributed by atoms with Gasteiger partial charge in [-0.05, 0) is 13.0 Å². The molecule has 0 aliphatic carbocycles.